The summed E-state index contributed by atoms with van der Waals surface area (Å²) in [6, 6.07) is 9.05. The van der Waals surface area contributed by atoms with Crippen molar-refractivity contribution in [1.82, 2.24) is 15.1 Å². The molecule has 0 radical (unpaired) electrons. The van der Waals surface area contributed by atoms with E-state index >= 15 is 0 Å². The molecular weight excluding hydrogens is 503 g/mol. The number of halogens is 1. The van der Waals surface area contributed by atoms with E-state index in [1.165, 1.54) is 37.1 Å². The molecule has 3 unspecified atom stereocenters. The van der Waals surface area contributed by atoms with Crippen LogP contribution in [0, 0.1) is 5.92 Å². The van der Waals surface area contributed by atoms with Crippen molar-refractivity contribution in [2.45, 2.75) is 57.9 Å². The van der Waals surface area contributed by atoms with Crippen LogP contribution in [0.4, 0.5) is 0 Å². The molecule has 0 saturated carbocycles. The summed E-state index contributed by atoms with van der Waals surface area (Å²) >= 11 is 0. The quantitative estimate of drug-likeness (QED) is 0.351. The summed E-state index contributed by atoms with van der Waals surface area (Å²) in [5.74, 6) is 1.78. The number of ether oxygens (including phenoxy) is 2. The summed E-state index contributed by atoms with van der Waals surface area (Å²) < 4.78 is 11.8. The second kappa shape index (κ2) is 12.4. The van der Waals surface area contributed by atoms with E-state index in [0.29, 0.717) is 0 Å². The third-order valence-corrected chi connectivity index (χ3v) is 6.61. The summed E-state index contributed by atoms with van der Waals surface area (Å²) in [5, 5.41) is 3.54. The molecule has 0 aromatic heterocycles. The third kappa shape index (κ3) is 7.04. The van der Waals surface area contributed by atoms with E-state index in [4.69, 9.17) is 9.47 Å². The molecule has 31 heavy (non-hydrogen) atoms. The molecule has 1 N–H and O–H groups in total. The zero-order valence-corrected chi connectivity index (χ0v) is 21.4. The number of morpholine rings is 1. The molecule has 0 spiro atoms. The molecule has 3 saturated heterocycles. The average Bonchev–Trinajstić information content (AvgIpc) is 3.31. The normalized spacial score (nSPS) is 27.7. The molecule has 1 aromatic carbocycles. The van der Waals surface area contributed by atoms with Gasteiger partial charge in [0.2, 0.25) is 0 Å². The molecule has 0 bridgehead atoms. The number of hydrogen-bond acceptors (Lipinski definition) is 4. The Bertz CT molecular complexity index is 693. The Morgan fingerprint density at radius 1 is 1.00 bits per heavy atom. The molecule has 0 amide bonds. The van der Waals surface area contributed by atoms with Crippen LogP contribution in [0.3, 0.4) is 0 Å². The van der Waals surface area contributed by atoms with Crippen molar-refractivity contribution in [1.29, 1.82) is 0 Å². The van der Waals surface area contributed by atoms with Gasteiger partial charge < -0.3 is 19.7 Å². The highest BCUT2D eigenvalue weighted by molar-refractivity contribution is 14.0. The maximum Gasteiger partial charge on any atom is 0.194 e. The molecule has 174 valence electrons. The maximum absolute atomic E-state index is 5.98. The highest BCUT2D eigenvalue weighted by atomic mass is 127. The first-order valence-corrected chi connectivity index (χ1v) is 11.7. The first-order chi connectivity index (χ1) is 14.7. The Kier molecular flexibility index (Phi) is 9.87. The number of nitrogens with one attached hydrogen (secondary N) is 1. The van der Waals surface area contributed by atoms with Crippen molar-refractivity contribution in [2.75, 3.05) is 46.4 Å². The number of guanidine groups is 1. The second-order valence-electron chi connectivity index (χ2n) is 9.11. The number of piperidine rings is 1. The fourth-order valence-electron chi connectivity index (χ4n) is 4.95. The summed E-state index contributed by atoms with van der Waals surface area (Å²) in [5.41, 5.74) is 2.70. The van der Waals surface area contributed by atoms with Gasteiger partial charge in [-0.25, -0.2) is 0 Å². The van der Waals surface area contributed by atoms with E-state index in [-0.39, 0.29) is 36.2 Å². The smallest absolute Gasteiger partial charge is 0.194 e. The summed E-state index contributed by atoms with van der Waals surface area (Å²) in [7, 11) is 1.86. The summed E-state index contributed by atoms with van der Waals surface area (Å²) in [6.45, 7) is 9.99. The van der Waals surface area contributed by atoms with Crippen molar-refractivity contribution in [3.8, 4) is 0 Å². The zero-order valence-electron chi connectivity index (χ0n) is 19.1. The number of likely N-dealkylation sites (tertiary alicyclic amines) is 1. The molecule has 4 rings (SSSR count). The largest absolute Gasteiger partial charge is 0.375 e. The molecule has 3 heterocycles. The minimum absolute atomic E-state index is 0. The molecule has 3 atom stereocenters. The van der Waals surface area contributed by atoms with Gasteiger partial charge in [0.05, 0.1) is 12.7 Å². The molecule has 1 aromatic rings. The summed E-state index contributed by atoms with van der Waals surface area (Å²) in [4.78, 5) is 9.41. The van der Waals surface area contributed by atoms with Gasteiger partial charge in [-0.1, -0.05) is 31.2 Å². The fourth-order valence-corrected chi connectivity index (χ4v) is 4.95. The molecular formula is C24H39IN4O2. The van der Waals surface area contributed by atoms with E-state index in [9.17, 15) is 0 Å². The van der Waals surface area contributed by atoms with Crippen LogP contribution in [0.15, 0.2) is 29.3 Å². The van der Waals surface area contributed by atoms with Crippen LogP contribution in [-0.2, 0) is 22.6 Å². The van der Waals surface area contributed by atoms with Crippen LogP contribution in [0.1, 0.15) is 43.7 Å². The van der Waals surface area contributed by atoms with Crippen LogP contribution in [0.5, 0.6) is 0 Å². The van der Waals surface area contributed by atoms with Crippen LogP contribution in [0.2, 0.25) is 0 Å². The Morgan fingerprint density at radius 2 is 1.77 bits per heavy atom. The Balaban J connectivity index is 0.00000272. The van der Waals surface area contributed by atoms with Crippen molar-refractivity contribution in [2.24, 2.45) is 10.9 Å². The molecule has 0 aliphatic carbocycles. The lowest BCUT2D eigenvalue weighted by Crippen LogP contribution is -2.53. The lowest BCUT2D eigenvalue weighted by atomic mass is 9.99. The second-order valence-corrected chi connectivity index (χ2v) is 9.11. The Labute approximate surface area is 204 Å². The molecule has 3 aliphatic heterocycles. The molecule has 6 nitrogen and oxygen atoms in total. The number of aliphatic imine (C=N–C) groups is 1. The molecule has 3 aliphatic rings. The van der Waals surface area contributed by atoms with Gasteiger partial charge in [0.25, 0.3) is 0 Å². The topological polar surface area (TPSA) is 49.3 Å². The van der Waals surface area contributed by atoms with Gasteiger partial charge in [-0.15, -0.1) is 24.0 Å². The maximum atomic E-state index is 5.98. The lowest BCUT2D eigenvalue weighted by molar-refractivity contribution is -0.0817. The van der Waals surface area contributed by atoms with Crippen molar-refractivity contribution >= 4 is 29.9 Å². The van der Waals surface area contributed by atoms with Crippen LogP contribution >= 0.6 is 24.0 Å². The molecule has 3 fully saturated rings. The highest BCUT2D eigenvalue weighted by Gasteiger charge is 2.32. The van der Waals surface area contributed by atoms with E-state index < -0.39 is 0 Å². The predicted octanol–water partition coefficient (Wildman–Crippen LogP) is 3.49. The lowest BCUT2D eigenvalue weighted by Gasteiger charge is -2.37. The fraction of sp³-hybridized carbons (Fsp3) is 0.708. The van der Waals surface area contributed by atoms with Crippen molar-refractivity contribution in [3.05, 3.63) is 35.4 Å². The Hall–Kier alpha value is -0.900. The Morgan fingerprint density at radius 3 is 2.48 bits per heavy atom. The van der Waals surface area contributed by atoms with Gasteiger partial charge in [0.1, 0.15) is 6.10 Å². The summed E-state index contributed by atoms with van der Waals surface area (Å²) in [6.07, 6.45) is 5.34. The van der Waals surface area contributed by atoms with E-state index in [0.717, 1.165) is 64.1 Å². The first-order valence-electron chi connectivity index (χ1n) is 11.7. The number of benzene rings is 1. The monoisotopic (exact) mass is 542 g/mol. The van der Waals surface area contributed by atoms with Crippen molar-refractivity contribution < 1.29 is 9.47 Å². The number of nitrogens with zero attached hydrogens (tertiary/aromatic N) is 3. The molecule has 7 heteroatoms. The van der Waals surface area contributed by atoms with Gasteiger partial charge in [-0.05, 0) is 49.3 Å². The number of hydrogen-bond donors (Lipinski definition) is 1. The first kappa shape index (κ1) is 24.7. The van der Waals surface area contributed by atoms with Crippen LogP contribution in [-0.4, -0.2) is 74.4 Å². The SMILES string of the molecule is CN=C(NCc1ccc(CN2CCCC(C)C2)cc1)N1CCOC(C2CCCO2)C1.I. The van der Waals surface area contributed by atoms with Gasteiger partial charge >= 0.3 is 0 Å². The van der Waals surface area contributed by atoms with Crippen molar-refractivity contribution in [3.63, 3.8) is 0 Å². The van der Waals surface area contributed by atoms with Crippen LogP contribution in [0.25, 0.3) is 0 Å². The van der Waals surface area contributed by atoms with E-state index in [1.807, 2.05) is 7.05 Å². The third-order valence-electron chi connectivity index (χ3n) is 6.61. The van der Waals surface area contributed by atoms with Crippen LogP contribution < -0.4 is 5.32 Å². The average molecular weight is 543 g/mol. The van der Waals surface area contributed by atoms with E-state index in [1.54, 1.807) is 0 Å². The van der Waals surface area contributed by atoms with Gasteiger partial charge in [0, 0.05) is 46.4 Å². The minimum atomic E-state index is 0. The van der Waals surface area contributed by atoms with Gasteiger partial charge in [0.15, 0.2) is 5.96 Å². The predicted molar refractivity (Wildman–Crippen MR) is 136 cm³/mol. The highest BCUT2D eigenvalue weighted by Crippen LogP contribution is 2.21. The minimum Gasteiger partial charge on any atom is -0.375 e. The number of rotatable bonds is 5. The van der Waals surface area contributed by atoms with E-state index in [2.05, 4.69) is 51.3 Å². The van der Waals surface area contributed by atoms with Gasteiger partial charge in [-0.3, -0.25) is 9.89 Å². The van der Waals surface area contributed by atoms with Gasteiger partial charge in [-0.2, -0.15) is 0 Å². The standard InChI is InChI=1S/C24H38N4O2.HI/c1-19-5-3-11-27(16-19)17-21-9-7-20(8-10-21)15-26-24(25-2)28-12-14-30-23(18-28)22-6-4-13-29-22;/h7-10,19,22-23H,3-6,11-18H2,1-2H3,(H,25,26);1H. The zero-order chi connectivity index (χ0) is 20.8.